The molecule has 0 bridgehead atoms. The van der Waals surface area contributed by atoms with Crippen molar-refractivity contribution >= 4 is 29.9 Å². The molecule has 6 heteroatoms. The highest BCUT2D eigenvalue weighted by molar-refractivity contribution is 14.0. The number of rotatable bonds is 7. The fourth-order valence-corrected chi connectivity index (χ4v) is 2.58. The first-order valence-corrected chi connectivity index (χ1v) is 8.12. The molecule has 1 fully saturated rings. The maximum absolute atomic E-state index is 5.91. The van der Waals surface area contributed by atoms with Crippen LogP contribution in [0, 0.1) is 5.92 Å². The fourth-order valence-electron chi connectivity index (χ4n) is 2.58. The summed E-state index contributed by atoms with van der Waals surface area (Å²) in [7, 11) is 1.78. The maximum atomic E-state index is 5.91. The highest BCUT2D eigenvalue weighted by atomic mass is 127. The van der Waals surface area contributed by atoms with Gasteiger partial charge in [0, 0.05) is 26.6 Å². The Kier molecular flexibility index (Phi) is 7.42. The molecule has 1 aromatic rings. The number of para-hydroxylation sites is 1. The van der Waals surface area contributed by atoms with E-state index in [0.717, 1.165) is 50.4 Å². The molecule has 0 spiro atoms. The van der Waals surface area contributed by atoms with Gasteiger partial charge in [-0.05, 0) is 30.4 Å². The van der Waals surface area contributed by atoms with E-state index in [1.807, 2.05) is 12.1 Å². The Morgan fingerprint density at radius 3 is 2.87 bits per heavy atom. The van der Waals surface area contributed by atoms with Crippen LogP contribution in [0.15, 0.2) is 29.3 Å². The average Bonchev–Trinajstić information content (AvgIpc) is 3.27. The number of hydrogen-bond acceptors (Lipinski definition) is 3. The van der Waals surface area contributed by atoms with Crippen molar-refractivity contribution in [2.75, 3.05) is 33.4 Å². The first-order valence-electron chi connectivity index (χ1n) is 8.12. The zero-order valence-electron chi connectivity index (χ0n) is 13.6. The number of nitrogens with zero attached hydrogens (tertiary/aromatic N) is 1. The Hall–Kier alpha value is -1.02. The summed E-state index contributed by atoms with van der Waals surface area (Å²) in [5, 5.41) is 6.58. The Morgan fingerprint density at radius 1 is 1.30 bits per heavy atom. The van der Waals surface area contributed by atoms with E-state index in [0.29, 0.717) is 0 Å². The number of fused-ring (bicyclic) bond motifs is 1. The quantitative estimate of drug-likeness (QED) is 0.301. The van der Waals surface area contributed by atoms with E-state index in [-0.39, 0.29) is 30.1 Å². The van der Waals surface area contributed by atoms with Gasteiger partial charge in [0.1, 0.15) is 11.9 Å². The largest absolute Gasteiger partial charge is 0.488 e. The molecule has 0 saturated heterocycles. The number of ether oxygens (including phenoxy) is 2. The number of aliphatic imine (C=N–C) groups is 1. The van der Waals surface area contributed by atoms with Crippen LogP contribution in [0.4, 0.5) is 0 Å². The van der Waals surface area contributed by atoms with Gasteiger partial charge < -0.3 is 20.1 Å². The molecule has 2 aliphatic rings. The highest BCUT2D eigenvalue weighted by Crippen LogP contribution is 2.28. The molecule has 0 amide bonds. The Labute approximate surface area is 155 Å². The molecule has 3 rings (SSSR count). The predicted octanol–water partition coefficient (Wildman–Crippen LogP) is 2.20. The van der Waals surface area contributed by atoms with Crippen LogP contribution in [0.25, 0.3) is 0 Å². The van der Waals surface area contributed by atoms with Crippen molar-refractivity contribution in [3.05, 3.63) is 29.8 Å². The van der Waals surface area contributed by atoms with Crippen molar-refractivity contribution in [1.29, 1.82) is 0 Å². The SMILES string of the molecule is CN=C(NCCOCC1CC1)NCC1Cc2ccccc2O1.I. The van der Waals surface area contributed by atoms with Crippen molar-refractivity contribution in [3.8, 4) is 5.75 Å². The van der Waals surface area contributed by atoms with Crippen LogP contribution < -0.4 is 15.4 Å². The first kappa shape index (κ1) is 18.3. The number of benzene rings is 1. The van der Waals surface area contributed by atoms with Crippen LogP contribution in [0.2, 0.25) is 0 Å². The van der Waals surface area contributed by atoms with Gasteiger partial charge in [-0.1, -0.05) is 18.2 Å². The van der Waals surface area contributed by atoms with Crippen molar-refractivity contribution in [2.45, 2.75) is 25.4 Å². The van der Waals surface area contributed by atoms with Crippen LogP contribution in [0.1, 0.15) is 18.4 Å². The molecular weight excluding hydrogens is 405 g/mol. The summed E-state index contributed by atoms with van der Waals surface area (Å²) in [4.78, 5) is 4.23. The summed E-state index contributed by atoms with van der Waals surface area (Å²) in [5.41, 5.74) is 1.28. The van der Waals surface area contributed by atoms with Crippen LogP contribution >= 0.6 is 24.0 Å². The number of hydrogen-bond donors (Lipinski definition) is 2. The van der Waals surface area contributed by atoms with Gasteiger partial charge in [-0.3, -0.25) is 4.99 Å². The lowest BCUT2D eigenvalue weighted by molar-refractivity contribution is 0.129. The molecule has 0 aromatic heterocycles. The molecule has 5 nitrogen and oxygen atoms in total. The topological polar surface area (TPSA) is 54.9 Å². The average molecular weight is 431 g/mol. The lowest BCUT2D eigenvalue weighted by Crippen LogP contribution is -2.43. The monoisotopic (exact) mass is 431 g/mol. The predicted molar refractivity (Wildman–Crippen MR) is 103 cm³/mol. The van der Waals surface area contributed by atoms with Gasteiger partial charge in [-0.2, -0.15) is 0 Å². The van der Waals surface area contributed by atoms with Gasteiger partial charge in [0.25, 0.3) is 0 Å². The normalized spacial score (nSPS) is 19.5. The smallest absolute Gasteiger partial charge is 0.191 e. The molecular formula is C17H26IN3O2. The van der Waals surface area contributed by atoms with E-state index in [1.165, 1.54) is 18.4 Å². The van der Waals surface area contributed by atoms with Crippen LogP contribution in [-0.4, -0.2) is 45.4 Å². The lowest BCUT2D eigenvalue weighted by atomic mass is 10.1. The van der Waals surface area contributed by atoms with Crippen LogP contribution in [-0.2, 0) is 11.2 Å². The van der Waals surface area contributed by atoms with Gasteiger partial charge >= 0.3 is 0 Å². The van der Waals surface area contributed by atoms with Gasteiger partial charge in [0.05, 0.1) is 13.2 Å². The molecule has 0 radical (unpaired) electrons. The van der Waals surface area contributed by atoms with E-state index >= 15 is 0 Å². The van der Waals surface area contributed by atoms with Gasteiger partial charge in [0.15, 0.2) is 5.96 Å². The van der Waals surface area contributed by atoms with Gasteiger partial charge in [-0.15, -0.1) is 24.0 Å². The third-order valence-electron chi connectivity index (χ3n) is 4.02. The minimum atomic E-state index is 0. The maximum Gasteiger partial charge on any atom is 0.191 e. The summed E-state index contributed by atoms with van der Waals surface area (Å²) in [6.45, 7) is 3.15. The third kappa shape index (κ3) is 5.84. The molecule has 1 aliphatic carbocycles. The molecule has 1 saturated carbocycles. The summed E-state index contributed by atoms with van der Waals surface area (Å²) in [6, 6.07) is 8.22. The minimum Gasteiger partial charge on any atom is -0.488 e. The van der Waals surface area contributed by atoms with E-state index < -0.39 is 0 Å². The Balaban J connectivity index is 0.00000192. The summed E-state index contributed by atoms with van der Waals surface area (Å²) in [6.07, 6.45) is 3.79. The van der Waals surface area contributed by atoms with E-state index in [9.17, 15) is 0 Å². The molecule has 128 valence electrons. The fraction of sp³-hybridized carbons (Fsp3) is 0.588. The first-order chi connectivity index (χ1) is 10.8. The Morgan fingerprint density at radius 2 is 2.13 bits per heavy atom. The van der Waals surface area contributed by atoms with Crippen molar-refractivity contribution in [3.63, 3.8) is 0 Å². The summed E-state index contributed by atoms with van der Waals surface area (Å²) < 4.78 is 11.5. The second-order valence-corrected chi connectivity index (χ2v) is 5.95. The zero-order valence-corrected chi connectivity index (χ0v) is 15.9. The molecule has 1 heterocycles. The Bertz CT molecular complexity index is 495. The molecule has 1 aliphatic heterocycles. The molecule has 2 N–H and O–H groups in total. The van der Waals surface area contributed by atoms with E-state index in [1.54, 1.807) is 7.05 Å². The number of guanidine groups is 1. The minimum absolute atomic E-state index is 0. The lowest BCUT2D eigenvalue weighted by Gasteiger charge is -2.15. The van der Waals surface area contributed by atoms with E-state index in [4.69, 9.17) is 9.47 Å². The number of nitrogens with one attached hydrogen (secondary N) is 2. The highest BCUT2D eigenvalue weighted by Gasteiger charge is 2.22. The zero-order chi connectivity index (χ0) is 15.2. The molecule has 23 heavy (non-hydrogen) atoms. The van der Waals surface area contributed by atoms with Crippen molar-refractivity contribution < 1.29 is 9.47 Å². The van der Waals surface area contributed by atoms with Crippen LogP contribution in [0.5, 0.6) is 5.75 Å². The van der Waals surface area contributed by atoms with Crippen molar-refractivity contribution in [1.82, 2.24) is 10.6 Å². The second kappa shape index (κ2) is 9.32. The van der Waals surface area contributed by atoms with Gasteiger partial charge in [-0.25, -0.2) is 0 Å². The van der Waals surface area contributed by atoms with Gasteiger partial charge in [0.2, 0.25) is 0 Å². The molecule has 1 atom stereocenters. The number of halogens is 1. The molecule has 1 unspecified atom stereocenters. The second-order valence-electron chi connectivity index (χ2n) is 5.95. The van der Waals surface area contributed by atoms with Crippen LogP contribution in [0.3, 0.4) is 0 Å². The summed E-state index contributed by atoms with van der Waals surface area (Å²) >= 11 is 0. The van der Waals surface area contributed by atoms with Crippen molar-refractivity contribution in [2.24, 2.45) is 10.9 Å². The van der Waals surface area contributed by atoms with E-state index in [2.05, 4.69) is 27.8 Å². The standard InChI is InChI=1S/C17H25N3O2.HI/c1-18-17(19-8-9-21-12-13-6-7-13)20-11-15-10-14-4-2-3-5-16(14)22-15;/h2-5,13,15H,6-12H2,1H3,(H2,18,19,20);1H. The molecule has 1 aromatic carbocycles. The third-order valence-corrected chi connectivity index (χ3v) is 4.02. The summed E-state index contributed by atoms with van der Waals surface area (Å²) in [5.74, 6) is 2.62.